The highest BCUT2D eigenvalue weighted by molar-refractivity contribution is 9.10. The summed E-state index contributed by atoms with van der Waals surface area (Å²) in [6.45, 7) is 3.64. The van der Waals surface area contributed by atoms with Gasteiger partial charge in [-0.15, -0.1) is 11.7 Å². The van der Waals surface area contributed by atoms with E-state index in [1.165, 1.54) is 11.8 Å². The number of hydrogen-bond donors (Lipinski definition) is 2. The van der Waals surface area contributed by atoms with Crippen LogP contribution in [0.25, 0.3) is 0 Å². The molecule has 1 aromatic heterocycles. The first-order valence-electron chi connectivity index (χ1n) is 5.48. The van der Waals surface area contributed by atoms with Crippen molar-refractivity contribution in [2.75, 3.05) is 11.2 Å². The summed E-state index contributed by atoms with van der Waals surface area (Å²) < 4.78 is 1.01. The van der Waals surface area contributed by atoms with E-state index in [9.17, 15) is 0 Å². The number of aromatic nitrogens is 3. The van der Waals surface area contributed by atoms with Crippen molar-refractivity contribution < 1.29 is 0 Å². The average Bonchev–Trinajstić information content (AvgIpc) is 2.84. The molecule has 0 spiro atoms. The van der Waals surface area contributed by atoms with Crippen LogP contribution in [0.15, 0.2) is 51.7 Å². The van der Waals surface area contributed by atoms with E-state index in [2.05, 4.69) is 48.2 Å². The van der Waals surface area contributed by atoms with Gasteiger partial charge in [0.15, 0.2) is 0 Å². The van der Waals surface area contributed by atoms with E-state index in [1.807, 2.05) is 24.3 Å². The molecule has 0 bridgehead atoms. The fourth-order valence-corrected chi connectivity index (χ4v) is 2.20. The number of anilines is 1. The number of halogens is 1. The number of rotatable bonds is 6. The van der Waals surface area contributed by atoms with E-state index in [0.717, 1.165) is 15.8 Å². The molecule has 1 heterocycles. The molecule has 0 saturated heterocycles. The van der Waals surface area contributed by atoms with E-state index in [1.54, 1.807) is 12.3 Å². The number of aromatic amines is 1. The molecule has 0 atom stereocenters. The molecule has 19 heavy (non-hydrogen) atoms. The van der Waals surface area contributed by atoms with E-state index in [-0.39, 0.29) is 0 Å². The zero-order valence-electron chi connectivity index (χ0n) is 10.0. The molecule has 0 saturated carbocycles. The van der Waals surface area contributed by atoms with Crippen LogP contribution < -0.4 is 5.43 Å². The Morgan fingerprint density at radius 3 is 3.21 bits per heavy atom. The quantitative estimate of drug-likeness (QED) is 0.367. The number of benzene rings is 1. The van der Waals surface area contributed by atoms with E-state index in [4.69, 9.17) is 0 Å². The second-order valence-electron chi connectivity index (χ2n) is 3.49. The van der Waals surface area contributed by atoms with Gasteiger partial charge in [0.25, 0.3) is 0 Å². The maximum Gasteiger partial charge on any atom is 0.240 e. The summed E-state index contributed by atoms with van der Waals surface area (Å²) in [6.07, 6.45) is 3.52. The van der Waals surface area contributed by atoms with Gasteiger partial charge in [0, 0.05) is 10.2 Å². The first-order chi connectivity index (χ1) is 9.28. The zero-order chi connectivity index (χ0) is 13.5. The van der Waals surface area contributed by atoms with Crippen molar-refractivity contribution in [3.05, 3.63) is 47.0 Å². The SMILES string of the molecule is C=CCSc1n[nH]c(N/N=C\c2cccc(Br)c2)n1. The fraction of sp³-hybridized carbons (Fsp3) is 0.0833. The molecule has 0 aliphatic carbocycles. The maximum absolute atomic E-state index is 4.21. The lowest BCUT2D eigenvalue weighted by atomic mass is 10.2. The molecular weight excluding hydrogens is 326 g/mol. The lowest BCUT2D eigenvalue weighted by molar-refractivity contribution is 0.974. The molecule has 0 fully saturated rings. The molecule has 0 amide bonds. The van der Waals surface area contributed by atoms with Gasteiger partial charge in [-0.2, -0.15) is 10.1 Å². The van der Waals surface area contributed by atoms with Gasteiger partial charge in [0.2, 0.25) is 11.1 Å². The highest BCUT2D eigenvalue weighted by Gasteiger charge is 2.00. The first-order valence-corrected chi connectivity index (χ1v) is 7.26. The summed E-state index contributed by atoms with van der Waals surface area (Å²) >= 11 is 4.91. The molecule has 1 aromatic carbocycles. The Morgan fingerprint density at radius 1 is 1.53 bits per heavy atom. The fourth-order valence-electron chi connectivity index (χ4n) is 1.25. The molecule has 5 nitrogen and oxygen atoms in total. The Hall–Kier alpha value is -1.60. The third-order valence-electron chi connectivity index (χ3n) is 2.03. The van der Waals surface area contributed by atoms with Crippen LogP contribution in [0.1, 0.15) is 5.56 Å². The van der Waals surface area contributed by atoms with Gasteiger partial charge in [0.1, 0.15) is 0 Å². The second-order valence-corrected chi connectivity index (χ2v) is 5.39. The molecular formula is C12H12BrN5S. The summed E-state index contributed by atoms with van der Waals surface area (Å²) in [4.78, 5) is 4.21. The predicted octanol–water partition coefficient (Wildman–Crippen LogP) is 3.29. The van der Waals surface area contributed by atoms with Crippen molar-refractivity contribution >= 4 is 39.9 Å². The minimum absolute atomic E-state index is 0.512. The van der Waals surface area contributed by atoms with Crippen LogP contribution in [0.3, 0.4) is 0 Å². The lowest BCUT2D eigenvalue weighted by Gasteiger charge is -1.94. The summed E-state index contributed by atoms with van der Waals surface area (Å²) in [6, 6.07) is 7.84. The van der Waals surface area contributed by atoms with Crippen LogP contribution in [-0.4, -0.2) is 27.1 Å². The monoisotopic (exact) mass is 337 g/mol. The topological polar surface area (TPSA) is 66.0 Å². The van der Waals surface area contributed by atoms with Gasteiger partial charge in [-0.25, -0.2) is 10.5 Å². The number of nitrogens with zero attached hydrogens (tertiary/aromatic N) is 3. The number of thioether (sulfide) groups is 1. The standard InChI is InChI=1S/C12H12BrN5S/c1-2-6-19-12-15-11(17-18-12)16-14-8-9-4-3-5-10(13)7-9/h2-5,7-8H,1,6H2,(H2,15,16,17,18)/b14-8-. The van der Waals surface area contributed by atoms with Crippen molar-refractivity contribution in [2.24, 2.45) is 5.10 Å². The Kier molecular flexibility index (Phi) is 5.17. The highest BCUT2D eigenvalue weighted by Crippen LogP contribution is 2.13. The lowest BCUT2D eigenvalue weighted by Crippen LogP contribution is -1.92. The van der Waals surface area contributed by atoms with Crippen molar-refractivity contribution in [3.63, 3.8) is 0 Å². The second kappa shape index (κ2) is 7.10. The van der Waals surface area contributed by atoms with Gasteiger partial charge in [-0.1, -0.05) is 45.9 Å². The zero-order valence-corrected chi connectivity index (χ0v) is 12.4. The number of hydrazone groups is 1. The minimum atomic E-state index is 0.512. The van der Waals surface area contributed by atoms with Crippen molar-refractivity contribution in [1.29, 1.82) is 0 Å². The molecule has 2 N–H and O–H groups in total. The van der Waals surface area contributed by atoms with Crippen molar-refractivity contribution in [3.8, 4) is 0 Å². The number of H-pyrrole nitrogens is 1. The smallest absolute Gasteiger partial charge is 0.240 e. The van der Waals surface area contributed by atoms with Gasteiger partial charge in [-0.05, 0) is 17.7 Å². The molecule has 0 aliphatic rings. The molecule has 98 valence electrons. The largest absolute Gasteiger partial charge is 0.246 e. The van der Waals surface area contributed by atoms with E-state index < -0.39 is 0 Å². The highest BCUT2D eigenvalue weighted by atomic mass is 79.9. The summed E-state index contributed by atoms with van der Waals surface area (Å²) in [5, 5.41) is 11.5. The minimum Gasteiger partial charge on any atom is -0.246 e. The van der Waals surface area contributed by atoms with Gasteiger partial charge in [-0.3, -0.25) is 0 Å². The summed E-state index contributed by atoms with van der Waals surface area (Å²) in [5.74, 6) is 1.29. The van der Waals surface area contributed by atoms with Crippen molar-refractivity contribution in [2.45, 2.75) is 5.16 Å². The summed E-state index contributed by atoms with van der Waals surface area (Å²) in [7, 11) is 0. The Balaban J connectivity index is 1.91. The normalized spacial score (nSPS) is 10.8. The number of hydrogen-bond acceptors (Lipinski definition) is 5. The molecule has 2 aromatic rings. The van der Waals surface area contributed by atoms with E-state index in [0.29, 0.717) is 11.1 Å². The van der Waals surface area contributed by atoms with Crippen LogP contribution in [0.5, 0.6) is 0 Å². The third kappa shape index (κ3) is 4.53. The Bertz CT molecular complexity index is 581. The Labute approximate surface area is 123 Å². The molecule has 0 aliphatic heterocycles. The number of nitrogens with one attached hydrogen (secondary N) is 2. The molecule has 7 heteroatoms. The van der Waals surface area contributed by atoms with Crippen LogP contribution in [0.4, 0.5) is 5.95 Å². The average molecular weight is 338 g/mol. The van der Waals surface area contributed by atoms with Gasteiger partial charge < -0.3 is 0 Å². The first kappa shape index (κ1) is 13.8. The maximum atomic E-state index is 4.21. The van der Waals surface area contributed by atoms with Gasteiger partial charge in [0.05, 0.1) is 6.21 Å². The summed E-state index contributed by atoms with van der Waals surface area (Å²) in [5.41, 5.74) is 3.78. The van der Waals surface area contributed by atoms with Crippen LogP contribution in [-0.2, 0) is 0 Å². The van der Waals surface area contributed by atoms with Crippen LogP contribution in [0, 0.1) is 0 Å². The predicted molar refractivity (Wildman–Crippen MR) is 82.7 cm³/mol. The molecule has 0 radical (unpaired) electrons. The van der Waals surface area contributed by atoms with Crippen LogP contribution in [0.2, 0.25) is 0 Å². The van der Waals surface area contributed by atoms with Crippen LogP contribution >= 0.6 is 27.7 Å². The molecule has 2 rings (SSSR count). The van der Waals surface area contributed by atoms with Gasteiger partial charge >= 0.3 is 0 Å². The molecule has 0 unspecified atom stereocenters. The van der Waals surface area contributed by atoms with E-state index >= 15 is 0 Å². The third-order valence-corrected chi connectivity index (χ3v) is 3.36. The Morgan fingerprint density at radius 2 is 2.42 bits per heavy atom. The van der Waals surface area contributed by atoms with Crippen molar-refractivity contribution in [1.82, 2.24) is 15.2 Å².